The highest BCUT2D eigenvalue weighted by molar-refractivity contribution is 14.1. The minimum absolute atomic E-state index is 0.717. The van der Waals surface area contributed by atoms with Crippen LogP contribution in [0.1, 0.15) is 0 Å². The van der Waals surface area contributed by atoms with Crippen LogP contribution in [0, 0.1) is 0 Å². The minimum Gasteiger partial charge on any atom is -0.480 e. The Morgan fingerprint density at radius 3 is 1.34 bits per heavy atom. The van der Waals surface area contributed by atoms with E-state index in [4.69, 9.17) is 47.2 Å². The van der Waals surface area contributed by atoms with Crippen molar-refractivity contribution in [3.05, 3.63) is 0 Å². The maximum Gasteiger partial charge on any atom is 0.397 e. The van der Waals surface area contributed by atoms with E-state index in [1.807, 2.05) is 0 Å². The van der Waals surface area contributed by atoms with Gasteiger partial charge in [-0.2, -0.15) is 81.5 Å². The molecule has 20 N–H and O–H groups in total. The molecule has 25 atom stereocenters. The van der Waals surface area contributed by atoms with Gasteiger partial charge in [0.05, 0.1) is 19.8 Å². The van der Waals surface area contributed by atoms with Crippen molar-refractivity contribution in [2.75, 3.05) is 26.9 Å². The van der Waals surface area contributed by atoms with Crippen molar-refractivity contribution >= 4 is 117 Å². The van der Waals surface area contributed by atoms with Gasteiger partial charge < -0.3 is 88.6 Å². The molecule has 0 bridgehead atoms. The Kier molecular flexibility index (Phi) is 28.6. The lowest BCUT2D eigenvalue weighted by Crippen LogP contribution is -2.70. The monoisotopic (exact) mass is 1630 g/mol. The van der Waals surface area contributed by atoms with Crippen LogP contribution >= 0.6 is 22.6 Å². The Bertz CT molecular complexity index is 3480. The quantitative estimate of drug-likeness (QED) is 0.0123. The topological polar surface area (TPSA) is 816 Å². The smallest absolute Gasteiger partial charge is 0.397 e. The van der Waals surface area contributed by atoms with E-state index >= 15 is 0 Å². The van der Waals surface area contributed by atoms with Crippen LogP contribution in [0.4, 0.5) is 0 Å². The number of methoxy groups -OCH3 is 1. The van der Waals surface area contributed by atoms with Gasteiger partial charge in [0.2, 0.25) is 0 Å². The summed E-state index contributed by atoms with van der Waals surface area (Å²) in [6.07, 6.45) is -61.8. The highest BCUT2D eigenvalue weighted by Gasteiger charge is 2.59. The first-order valence-corrected chi connectivity index (χ1v) is 35.9. The average molecular weight is 1640 g/mol. The van der Waals surface area contributed by atoms with Gasteiger partial charge in [-0.05, 0) is 0 Å². The molecule has 4 heterocycles. The molecule has 0 saturated carbocycles. The number of halogens is 1. The van der Waals surface area contributed by atoms with Crippen LogP contribution in [0.5, 0.6) is 0 Å². The molecule has 4 aliphatic heterocycles. The third-order valence-electron chi connectivity index (χ3n) is 12.2. The summed E-state index contributed by atoms with van der Waals surface area (Å²) >= 11 is 0.740. The predicted octanol–water partition coefficient (Wildman–Crippen LogP) is -13.4. The molecule has 0 radical (unpaired) electrons. The number of hydrogen-bond acceptors (Lipinski definition) is 39. The highest BCUT2D eigenvalue weighted by atomic mass is 127. The lowest BCUT2D eigenvalue weighted by Gasteiger charge is -2.49. The molecule has 4 aliphatic rings. The van der Waals surface area contributed by atoms with Crippen LogP contribution in [0.3, 0.4) is 0 Å². The van der Waals surface area contributed by atoms with Crippen molar-refractivity contribution in [2.24, 2.45) is 0 Å². The number of hydrogen-bond donors (Lipinski definition) is 20. The van der Waals surface area contributed by atoms with Crippen LogP contribution in [-0.4, -0.2) is 340 Å². The van der Waals surface area contributed by atoms with Crippen LogP contribution < -0.4 is 14.2 Å². The van der Waals surface area contributed by atoms with Gasteiger partial charge in [-0.15, -0.1) is 0 Å². The van der Waals surface area contributed by atoms with Crippen molar-refractivity contribution in [3.63, 3.8) is 0 Å². The highest BCUT2D eigenvalue weighted by Crippen LogP contribution is 2.37. The summed E-state index contributed by atoms with van der Waals surface area (Å²) in [5, 5.41) is 99.0. The Balaban J connectivity index is 1.89. The lowest BCUT2D eigenvalue weighted by atomic mass is 9.95. The molecule has 4 rings (SSSR count). The number of ether oxygens (including phenoxy) is 9. The Labute approximate surface area is 529 Å². The number of alkyl halides is 1. The Morgan fingerprint density at radius 2 is 0.902 bits per heavy atom. The summed E-state index contributed by atoms with van der Waals surface area (Å²) in [7, 11) is -46.1. The number of carboxylic acid groups (broad SMARTS) is 2. The standard InChI is InChI=1S/C31H54IN3O49S8/c1-71-28-10(34-86(50,51)52)14(38)18(6(76-28)3-73-89(59,60)61)78-27(46)23(84-92(68,69)70)17(41)20(8(32)25(42)43)80-30-11(35-87(53,54)55)21(83-91(65,66)67)19(7(77-30)4-74-90(62,63)64)79-31-16(40)15(39)22(24(82-31)26(44)45)81-29-9(33-85(47,48)49)13(37)12(36)5(75-29)2-72-88(56,57)58/h5-24,27-31,33-41,46H,2-4H2,1H3,(H,42,43)(H,44,45)(H,47,48,49)(H,50,51,52)(H,53,54,55)(H,56,57,58)(H,59,60,61)(H,62,63,64)(H,65,66,67)(H,68,69,70)/t5?,6?,7?,8?,9?,10?,11?,12-,13?,14?,15?,16?,17?,18-,19-,20+,21?,22-,23?,24?,27+,28-,29+,30+,31-/m1/s1. The number of aliphatic hydroxyl groups excluding tert-OH is 7. The number of carboxylic acids is 2. The molecule has 0 aromatic carbocycles. The van der Waals surface area contributed by atoms with Crippen LogP contribution in [0.2, 0.25) is 0 Å². The minimum atomic E-state index is -6.38. The average Bonchev–Trinajstić information content (AvgIpc) is 0.771. The predicted molar refractivity (Wildman–Crippen MR) is 277 cm³/mol. The van der Waals surface area contributed by atoms with E-state index in [0.717, 1.165) is 34.4 Å². The third-order valence-corrected chi connectivity index (χ3v) is 17.3. The fourth-order valence-electron chi connectivity index (χ4n) is 8.60. The molecule has 4 saturated heterocycles. The number of aliphatic hydroxyl groups is 7. The first-order chi connectivity index (χ1) is 41.5. The Morgan fingerprint density at radius 1 is 0.467 bits per heavy atom. The van der Waals surface area contributed by atoms with Crippen molar-refractivity contribution in [3.8, 4) is 0 Å². The first-order valence-electron chi connectivity index (χ1n) is 23.5. The van der Waals surface area contributed by atoms with Gasteiger partial charge in [0, 0.05) is 7.11 Å². The maximum absolute atomic E-state index is 12.8. The molecule has 0 aromatic heterocycles. The largest absolute Gasteiger partial charge is 0.480 e. The summed E-state index contributed by atoms with van der Waals surface area (Å²) in [6.45, 7) is -5.13. The number of aliphatic carboxylic acids is 2. The third kappa shape index (κ3) is 25.1. The van der Waals surface area contributed by atoms with E-state index in [0.29, 0.717) is 0 Å². The molecule has 4 fully saturated rings. The Hall–Kier alpha value is -2.01. The lowest BCUT2D eigenvalue weighted by molar-refractivity contribution is -0.363. The van der Waals surface area contributed by atoms with Crippen molar-refractivity contribution in [2.45, 2.75) is 151 Å². The molecule has 0 aliphatic carbocycles. The van der Waals surface area contributed by atoms with Gasteiger partial charge in [0.1, 0.15) is 108 Å². The zero-order valence-electron chi connectivity index (χ0n) is 44.4. The molecule has 61 heteroatoms. The summed E-state index contributed by atoms with van der Waals surface area (Å²) in [5.74, 6) is -4.73. The van der Waals surface area contributed by atoms with Gasteiger partial charge >= 0.3 is 94.8 Å². The van der Waals surface area contributed by atoms with E-state index in [1.54, 1.807) is 0 Å². The van der Waals surface area contributed by atoms with Crippen molar-refractivity contribution < 1.29 is 223 Å². The summed E-state index contributed by atoms with van der Waals surface area (Å²) < 4.78 is 338. The first kappa shape index (κ1) is 82.4. The van der Waals surface area contributed by atoms with E-state index in [1.165, 1.54) is 9.44 Å². The zero-order chi connectivity index (χ0) is 70.7. The van der Waals surface area contributed by atoms with Gasteiger partial charge in [-0.3, -0.25) is 41.2 Å². The number of nitrogens with one attached hydrogen (secondary N) is 3. The number of rotatable bonds is 34. The molecule has 92 heavy (non-hydrogen) atoms. The van der Waals surface area contributed by atoms with E-state index in [2.05, 4.69) is 20.9 Å². The van der Waals surface area contributed by atoms with Gasteiger partial charge in [-0.1, -0.05) is 22.6 Å². The van der Waals surface area contributed by atoms with Crippen molar-refractivity contribution in [1.82, 2.24) is 14.2 Å². The van der Waals surface area contributed by atoms with Crippen LogP contribution in [0.25, 0.3) is 0 Å². The molecule has 542 valence electrons. The molecule has 52 nitrogen and oxygen atoms in total. The molecular formula is C31H54IN3O49S8. The summed E-state index contributed by atoms with van der Waals surface area (Å²) in [5.41, 5.74) is 0. The fraction of sp³-hybridized carbons (Fsp3) is 0.935. The fourth-order valence-corrected chi connectivity index (χ4v) is 12.9. The van der Waals surface area contributed by atoms with Crippen LogP contribution in [0.15, 0.2) is 0 Å². The zero-order valence-corrected chi connectivity index (χ0v) is 53.1. The summed E-state index contributed by atoms with van der Waals surface area (Å²) in [4.78, 5) is 25.5. The molecule has 0 aromatic rings. The van der Waals surface area contributed by atoms with E-state index < -0.39 is 266 Å². The van der Waals surface area contributed by atoms with Gasteiger partial charge in [0.25, 0.3) is 0 Å². The van der Waals surface area contributed by atoms with E-state index in [-0.39, 0.29) is 0 Å². The second-order valence-electron chi connectivity index (χ2n) is 18.6. The van der Waals surface area contributed by atoms with E-state index in [9.17, 15) is 155 Å². The second-order valence-corrected chi connectivity index (χ2v) is 28.8. The second kappa shape index (κ2) is 31.9. The SMILES string of the molecule is CO[C@@H]1OC(COS(=O)(=O)O)[C@@H](O[C@H](O)C(OS(=O)(=O)O)C(O)[C@@H](O[C@@H]2OC(COS(=O)(=O)O)[C@@H](O[C@@H]3OC(C(=O)O)[C@H](O[C@@H]4OC(COS(=O)(=O)O)[C@@H](O)C(O)C4NS(=O)(=O)O)C(O)C3O)C(OS(=O)(=O)O)C2NS(=O)(=O)O)C(I)C(=O)O)C(O)C1NS(=O)(=O)O. The van der Waals surface area contributed by atoms with Gasteiger partial charge in [-0.25, -0.2) is 25.7 Å². The van der Waals surface area contributed by atoms with Gasteiger partial charge in [0.15, 0.2) is 43.7 Å². The molecule has 0 amide bonds. The number of carbonyl (C=O) groups is 2. The van der Waals surface area contributed by atoms with Crippen LogP contribution in [-0.2, 0) is 156 Å². The maximum atomic E-state index is 12.8. The normalized spacial score (nSPS) is 35.1. The molecule has 15 unspecified atom stereocenters. The molecule has 0 spiro atoms. The van der Waals surface area contributed by atoms with Crippen molar-refractivity contribution in [1.29, 1.82) is 0 Å². The summed E-state index contributed by atoms with van der Waals surface area (Å²) in [6, 6.07) is -8.25. The molecular weight excluding hydrogens is 1580 g/mol.